The smallest absolute Gasteiger partial charge is 0.192 e. The molecule has 0 saturated carbocycles. The summed E-state index contributed by atoms with van der Waals surface area (Å²) in [5, 5.41) is 1.51. The fraction of sp³-hybridized carbons (Fsp3) is 0.455. The molecule has 0 saturated heterocycles. The SMILES string of the molecule is C=Cc1cc2c(cc1CC=CC)cc(CO[Si](C)(C)C(C)(C)C)n2C. The maximum absolute atomic E-state index is 6.43. The number of rotatable bonds is 6. The summed E-state index contributed by atoms with van der Waals surface area (Å²) in [4.78, 5) is 0. The van der Waals surface area contributed by atoms with Crippen molar-refractivity contribution in [1.82, 2.24) is 4.57 Å². The minimum atomic E-state index is -1.74. The topological polar surface area (TPSA) is 14.2 Å². The zero-order valence-corrected chi connectivity index (χ0v) is 17.9. The first-order valence-corrected chi connectivity index (χ1v) is 12.0. The molecule has 0 N–H and O–H groups in total. The standard InChI is InChI=1S/C22H33NOSi/c1-9-11-12-18-13-19-14-20(16-24-25(7,8)22(3,4)5)23(6)21(19)15-17(18)10-2/h9-11,13-15H,2,12,16H2,1,3-8H3. The number of nitrogens with zero attached hydrogens (tertiary/aromatic N) is 1. The van der Waals surface area contributed by atoms with E-state index in [1.165, 1.54) is 27.7 Å². The molecule has 1 aromatic carbocycles. The van der Waals surface area contributed by atoms with Gasteiger partial charge in [-0.2, -0.15) is 0 Å². The third kappa shape index (κ3) is 4.16. The molecule has 0 fully saturated rings. The first-order valence-electron chi connectivity index (χ1n) is 9.09. The summed E-state index contributed by atoms with van der Waals surface area (Å²) in [6.07, 6.45) is 7.19. The van der Waals surface area contributed by atoms with E-state index < -0.39 is 8.32 Å². The van der Waals surface area contributed by atoms with Gasteiger partial charge in [0.05, 0.1) is 6.61 Å². The molecule has 0 aliphatic rings. The number of fused-ring (bicyclic) bond motifs is 1. The average molecular weight is 356 g/mol. The number of aromatic nitrogens is 1. The second-order valence-corrected chi connectivity index (χ2v) is 13.1. The van der Waals surface area contributed by atoms with Crippen LogP contribution in [-0.4, -0.2) is 12.9 Å². The molecule has 0 amide bonds. The largest absolute Gasteiger partial charge is 0.411 e. The lowest BCUT2D eigenvalue weighted by molar-refractivity contribution is 0.269. The van der Waals surface area contributed by atoms with Crippen LogP contribution in [0.3, 0.4) is 0 Å². The molecule has 2 nitrogen and oxygen atoms in total. The van der Waals surface area contributed by atoms with Gasteiger partial charge in [-0.05, 0) is 60.8 Å². The Kier molecular flexibility index (Phi) is 5.80. The van der Waals surface area contributed by atoms with Crippen molar-refractivity contribution >= 4 is 25.3 Å². The fourth-order valence-electron chi connectivity index (χ4n) is 2.73. The lowest BCUT2D eigenvalue weighted by Crippen LogP contribution is -2.40. The Morgan fingerprint density at radius 2 is 1.88 bits per heavy atom. The summed E-state index contributed by atoms with van der Waals surface area (Å²) in [7, 11) is 0.386. The van der Waals surface area contributed by atoms with Crippen molar-refractivity contribution in [2.75, 3.05) is 0 Å². The predicted octanol–water partition coefficient (Wildman–Crippen LogP) is 6.46. The highest BCUT2D eigenvalue weighted by Crippen LogP contribution is 2.37. The Morgan fingerprint density at radius 3 is 2.44 bits per heavy atom. The minimum absolute atomic E-state index is 0.229. The quantitative estimate of drug-likeness (QED) is 0.428. The van der Waals surface area contributed by atoms with E-state index in [1.807, 2.05) is 6.08 Å². The van der Waals surface area contributed by atoms with Crippen LogP contribution in [0.15, 0.2) is 36.9 Å². The third-order valence-electron chi connectivity index (χ3n) is 5.58. The number of hydrogen-bond donors (Lipinski definition) is 0. The van der Waals surface area contributed by atoms with Gasteiger partial charge in [-0.25, -0.2) is 0 Å². The zero-order chi connectivity index (χ0) is 18.8. The van der Waals surface area contributed by atoms with Crippen molar-refractivity contribution in [3.8, 4) is 0 Å². The van der Waals surface area contributed by atoms with Gasteiger partial charge in [0.15, 0.2) is 8.32 Å². The number of hydrogen-bond acceptors (Lipinski definition) is 1. The van der Waals surface area contributed by atoms with Crippen LogP contribution < -0.4 is 0 Å². The molecule has 2 aromatic rings. The van der Waals surface area contributed by atoms with Crippen LogP contribution in [-0.2, 0) is 24.5 Å². The van der Waals surface area contributed by atoms with Crippen LogP contribution in [0.25, 0.3) is 17.0 Å². The summed E-state index contributed by atoms with van der Waals surface area (Å²) >= 11 is 0. The van der Waals surface area contributed by atoms with Crippen LogP contribution in [0.4, 0.5) is 0 Å². The average Bonchev–Trinajstić information content (AvgIpc) is 2.84. The molecule has 0 spiro atoms. The molecular weight excluding hydrogens is 322 g/mol. The second kappa shape index (κ2) is 7.34. The van der Waals surface area contributed by atoms with Crippen molar-refractivity contribution in [3.63, 3.8) is 0 Å². The monoisotopic (exact) mass is 355 g/mol. The van der Waals surface area contributed by atoms with Crippen LogP contribution in [0.5, 0.6) is 0 Å². The zero-order valence-electron chi connectivity index (χ0n) is 16.9. The molecule has 3 heteroatoms. The molecule has 0 atom stereocenters. The number of benzene rings is 1. The lowest BCUT2D eigenvalue weighted by atomic mass is 10.0. The van der Waals surface area contributed by atoms with Crippen molar-refractivity contribution < 1.29 is 4.43 Å². The van der Waals surface area contributed by atoms with E-state index in [0.717, 1.165) is 6.42 Å². The Morgan fingerprint density at radius 1 is 1.20 bits per heavy atom. The molecule has 1 aromatic heterocycles. The first-order chi connectivity index (χ1) is 11.6. The van der Waals surface area contributed by atoms with E-state index in [9.17, 15) is 0 Å². The normalized spacial score (nSPS) is 13.1. The van der Waals surface area contributed by atoms with Gasteiger partial charge in [-0.15, -0.1) is 0 Å². The summed E-state index contributed by atoms with van der Waals surface area (Å²) < 4.78 is 8.69. The van der Waals surface area contributed by atoms with E-state index >= 15 is 0 Å². The maximum atomic E-state index is 6.43. The van der Waals surface area contributed by atoms with Gasteiger partial charge in [0, 0.05) is 23.6 Å². The predicted molar refractivity (Wildman–Crippen MR) is 114 cm³/mol. The highest BCUT2D eigenvalue weighted by molar-refractivity contribution is 6.74. The van der Waals surface area contributed by atoms with Gasteiger partial charge >= 0.3 is 0 Å². The van der Waals surface area contributed by atoms with Crippen molar-refractivity contribution in [2.45, 2.75) is 58.9 Å². The summed E-state index contributed by atoms with van der Waals surface area (Å²) in [5.74, 6) is 0. The molecule has 136 valence electrons. The number of allylic oxidation sites excluding steroid dienone is 2. The fourth-order valence-corrected chi connectivity index (χ4v) is 3.67. The highest BCUT2D eigenvalue weighted by atomic mass is 28.4. The summed E-state index contributed by atoms with van der Waals surface area (Å²) in [5.41, 5.74) is 5.01. The minimum Gasteiger partial charge on any atom is -0.411 e. The molecule has 0 radical (unpaired) electrons. The van der Waals surface area contributed by atoms with Gasteiger partial charge < -0.3 is 8.99 Å². The molecule has 0 aliphatic carbocycles. The van der Waals surface area contributed by atoms with Gasteiger partial charge in [-0.3, -0.25) is 0 Å². The lowest BCUT2D eigenvalue weighted by Gasteiger charge is -2.36. The first kappa shape index (κ1) is 19.7. The van der Waals surface area contributed by atoms with Gasteiger partial charge in [0.2, 0.25) is 0 Å². The van der Waals surface area contributed by atoms with Crippen LogP contribution >= 0.6 is 0 Å². The van der Waals surface area contributed by atoms with E-state index in [4.69, 9.17) is 4.43 Å². The van der Waals surface area contributed by atoms with E-state index in [-0.39, 0.29) is 5.04 Å². The molecular formula is C22H33NOSi. The Hall–Kier alpha value is -1.58. The molecule has 0 bridgehead atoms. The molecule has 0 unspecified atom stereocenters. The Balaban J connectivity index is 2.37. The van der Waals surface area contributed by atoms with E-state index in [2.05, 4.69) is 89.3 Å². The van der Waals surface area contributed by atoms with Gasteiger partial charge in [-0.1, -0.05) is 45.6 Å². The van der Waals surface area contributed by atoms with Crippen LogP contribution in [0.2, 0.25) is 18.1 Å². The summed E-state index contributed by atoms with van der Waals surface area (Å²) in [6.45, 7) is 18.2. The molecule has 2 rings (SSSR count). The maximum Gasteiger partial charge on any atom is 0.192 e. The second-order valence-electron chi connectivity index (χ2n) is 8.33. The van der Waals surface area contributed by atoms with Crippen molar-refractivity contribution in [2.24, 2.45) is 7.05 Å². The van der Waals surface area contributed by atoms with Crippen LogP contribution in [0, 0.1) is 0 Å². The highest BCUT2D eigenvalue weighted by Gasteiger charge is 2.37. The Labute approximate surface area is 154 Å². The van der Waals surface area contributed by atoms with Gasteiger partial charge in [0.25, 0.3) is 0 Å². The Bertz CT molecular complexity index is 790. The van der Waals surface area contributed by atoms with E-state index in [1.54, 1.807) is 0 Å². The molecule has 25 heavy (non-hydrogen) atoms. The van der Waals surface area contributed by atoms with E-state index in [0.29, 0.717) is 6.61 Å². The molecule has 0 aliphatic heterocycles. The van der Waals surface area contributed by atoms with Gasteiger partial charge in [0.1, 0.15) is 0 Å². The number of aryl methyl sites for hydroxylation is 1. The van der Waals surface area contributed by atoms with Crippen molar-refractivity contribution in [3.05, 3.63) is 53.8 Å². The van der Waals surface area contributed by atoms with Crippen LogP contribution in [0.1, 0.15) is 44.5 Å². The van der Waals surface area contributed by atoms with Crippen molar-refractivity contribution in [1.29, 1.82) is 0 Å². The summed E-state index contributed by atoms with van der Waals surface area (Å²) in [6, 6.07) is 6.81. The third-order valence-corrected chi connectivity index (χ3v) is 10.1. The molecule has 1 heterocycles.